The van der Waals surface area contributed by atoms with Crippen LogP contribution in [0.3, 0.4) is 0 Å². The number of nitrogens with one attached hydrogen (secondary N) is 1. The van der Waals surface area contributed by atoms with Crippen LogP contribution in [0.15, 0.2) is 84.5 Å². The lowest BCUT2D eigenvalue weighted by Gasteiger charge is -2.10. The van der Waals surface area contributed by atoms with E-state index in [1.54, 1.807) is 40.5 Å². The second-order valence-corrected chi connectivity index (χ2v) is 8.23. The summed E-state index contributed by atoms with van der Waals surface area (Å²) in [5, 5.41) is 9.29. The van der Waals surface area contributed by atoms with Crippen LogP contribution in [0.2, 0.25) is 0 Å². The van der Waals surface area contributed by atoms with E-state index in [1.165, 1.54) is 12.1 Å². The smallest absolute Gasteiger partial charge is 0.272 e. The summed E-state index contributed by atoms with van der Waals surface area (Å²) in [4.78, 5) is 13.1. The number of fused-ring (bicyclic) bond motifs is 1. The van der Waals surface area contributed by atoms with E-state index in [4.69, 9.17) is 0 Å². The summed E-state index contributed by atoms with van der Waals surface area (Å²) in [6.07, 6.45) is 3.39. The molecular weight excluding hydrogens is 411 g/mol. The summed E-state index contributed by atoms with van der Waals surface area (Å²) >= 11 is 1.62. The van der Waals surface area contributed by atoms with Gasteiger partial charge in [0.1, 0.15) is 11.5 Å². The van der Waals surface area contributed by atoms with E-state index in [2.05, 4.69) is 22.5 Å². The number of thiophene rings is 1. The molecule has 5 rings (SSSR count). The number of amides is 1. The fourth-order valence-electron chi connectivity index (χ4n) is 3.59. The van der Waals surface area contributed by atoms with E-state index in [0.29, 0.717) is 24.5 Å². The summed E-state index contributed by atoms with van der Waals surface area (Å²) < 4.78 is 17.9. The quantitative estimate of drug-likeness (QED) is 0.393. The largest absolute Gasteiger partial charge is 0.331 e. The normalized spacial score (nSPS) is 11.1. The summed E-state index contributed by atoms with van der Waals surface area (Å²) in [6, 6.07) is 20.4. The highest BCUT2D eigenvalue weighted by Gasteiger charge is 2.17. The molecule has 2 aromatic carbocycles. The maximum Gasteiger partial charge on any atom is 0.272 e. The van der Waals surface area contributed by atoms with Gasteiger partial charge >= 0.3 is 0 Å². The average molecular weight is 431 g/mol. The molecule has 0 unspecified atom stereocenters. The summed E-state index contributed by atoms with van der Waals surface area (Å²) in [7, 11) is 0. The van der Waals surface area contributed by atoms with E-state index in [9.17, 15) is 9.18 Å². The van der Waals surface area contributed by atoms with Crippen LogP contribution in [-0.4, -0.2) is 20.3 Å². The Hall–Kier alpha value is -3.71. The lowest BCUT2D eigenvalue weighted by Crippen LogP contribution is -2.17. The maximum atomic E-state index is 13.1. The number of rotatable bonds is 6. The maximum absolute atomic E-state index is 13.1. The zero-order valence-corrected chi connectivity index (χ0v) is 17.3. The first-order chi connectivity index (χ1) is 15.2. The fraction of sp³-hybridized carbons (Fsp3) is 0.0833. The molecule has 0 radical (unpaired) electrons. The first-order valence-corrected chi connectivity index (χ1v) is 10.7. The van der Waals surface area contributed by atoms with E-state index in [-0.39, 0.29) is 11.7 Å². The number of carbonyl (C=O) groups excluding carboxylic acids is 1. The second kappa shape index (κ2) is 8.20. The first-order valence-electron chi connectivity index (χ1n) is 9.84. The van der Waals surface area contributed by atoms with Crippen LogP contribution < -0.4 is 5.32 Å². The van der Waals surface area contributed by atoms with Gasteiger partial charge in [-0.3, -0.25) is 9.48 Å². The van der Waals surface area contributed by atoms with Crippen LogP contribution in [0, 0.1) is 5.82 Å². The zero-order chi connectivity index (χ0) is 21.2. The molecule has 3 heterocycles. The van der Waals surface area contributed by atoms with Gasteiger partial charge in [-0.15, -0.1) is 11.3 Å². The molecule has 0 spiro atoms. The predicted octanol–water partition coefficient (Wildman–Crippen LogP) is 5.39. The molecule has 31 heavy (non-hydrogen) atoms. The van der Waals surface area contributed by atoms with E-state index < -0.39 is 0 Å². The molecule has 0 atom stereocenters. The van der Waals surface area contributed by atoms with Crippen LogP contribution in [0.1, 0.15) is 21.6 Å². The summed E-state index contributed by atoms with van der Waals surface area (Å²) in [5.74, 6) is -0.448. The Kier molecular flexibility index (Phi) is 5.09. The van der Waals surface area contributed by atoms with Gasteiger partial charge in [-0.2, -0.15) is 5.10 Å². The average Bonchev–Trinajstić information content (AvgIpc) is 3.48. The second-order valence-electron chi connectivity index (χ2n) is 7.28. The van der Waals surface area contributed by atoms with E-state index >= 15 is 0 Å². The van der Waals surface area contributed by atoms with Gasteiger partial charge in [0.05, 0.1) is 28.6 Å². The van der Waals surface area contributed by atoms with Crippen LogP contribution in [0.4, 0.5) is 10.1 Å². The third-order valence-corrected chi connectivity index (χ3v) is 5.94. The Bertz CT molecular complexity index is 1340. The van der Waals surface area contributed by atoms with Crippen molar-refractivity contribution in [3.05, 3.63) is 107 Å². The van der Waals surface area contributed by atoms with Gasteiger partial charge in [0, 0.05) is 12.7 Å². The monoisotopic (exact) mass is 430 g/mol. The molecule has 154 valence electrons. The Morgan fingerprint density at radius 1 is 1.00 bits per heavy atom. The number of halogens is 1. The molecule has 0 saturated heterocycles. The predicted molar refractivity (Wildman–Crippen MR) is 121 cm³/mol. The first kappa shape index (κ1) is 19.3. The minimum Gasteiger partial charge on any atom is -0.331 e. The SMILES string of the molecule is O=C(Nc1cnn(Cc2ccc(F)cc2)c1)c1cc2sccc2n1Cc1ccccc1. The van der Waals surface area contributed by atoms with Crippen LogP contribution in [0.25, 0.3) is 10.2 Å². The van der Waals surface area contributed by atoms with Crippen molar-refractivity contribution >= 4 is 33.1 Å². The Balaban J connectivity index is 1.36. The molecule has 0 aliphatic heterocycles. The Morgan fingerprint density at radius 2 is 1.77 bits per heavy atom. The Labute approximate surface area is 182 Å². The highest BCUT2D eigenvalue weighted by atomic mass is 32.1. The molecule has 0 bridgehead atoms. The van der Waals surface area contributed by atoms with Gasteiger partial charge in [0.25, 0.3) is 5.91 Å². The molecule has 7 heteroatoms. The standard InChI is InChI=1S/C24H19FN4OS/c25-19-8-6-18(7-9-19)14-28-16-20(13-26-28)27-24(30)22-12-23-21(10-11-31-23)29(22)15-17-4-2-1-3-5-17/h1-13,16H,14-15H2,(H,27,30). The van der Waals surface area contributed by atoms with Crippen molar-refractivity contribution in [1.82, 2.24) is 14.3 Å². The summed E-state index contributed by atoms with van der Waals surface area (Å²) in [6.45, 7) is 1.12. The van der Waals surface area contributed by atoms with Crippen LogP contribution >= 0.6 is 11.3 Å². The van der Waals surface area contributed by atoms with Crippen molar-refractivity contribution in [3.8, 4) is 0 Å². The molecule has 0 aliphatic carbocycles. The number of nitrogens with zero attached hydrogens (tertiary/aromatic N) is 3. The number of anilines is 1. The Morgan fingerprint density at radius 3 is 2.58 bits per heavy atom. The minimum absolute atomic E-state index is 0.180. The van der Waals surface area contributed by atoms with E-state index in [1.807, 2.05) is 40.3 Å². The third-order valence-electron chi connectivity index (χ3n) is 5.09. The topological polar surface area (TPSA) is 51.9 Å². The van der Waals surface area contributed by atoms with Gasteiger partial charge in [-0.05, 0) is 40.8 Å². The summed E-state index contributed by atoms with van der Waals surface area (Å²) in [5.41, 5.74) is 4.33. The van der Waals surface area contributed by atoms with Crippen molar-refractivity contribution in [2.45, 2.75) is 13.1 Å². The van der Waals surface area contributed by atoms with Crippen molar-refractivity contribution in [1.29, 1.82) is 0 Å². The third kappa shape index (κ3) is 4.13. The molecule has 0 fully saturated rings. The molecular formula is C24H19FN4OS. The van der Waals surface area contributed by atoms with Crippen molar-refractivity contribution in [2.75, 3.05) is 5.32 Å². The number of carbonyl (C=O) groups is 1. The van der Waals surface area contributed by atoms with Gasteiger partial charge < -0.3 is 9.88 Å². The number of hydrogen-bond donors (Lipinski definition) is 1. The lowest BCUT2D eigenvalue weighted by atomic mass is 10.2. The van der Waals surface area contributed by atoms with Crippen LogP contribution in [-0.2, 0) is 13.1 Å². The lowest BCUT2D eigenvalue weighted by molar-refractivity contribution is 0.101. The molecule has 1 amide bonds. The molecule has 0 aliphatic rings. The van der Waals surface area contributed by atoms with Gasteiger partial charge in [-0.25, -0.2) is 4.39 Å². The number of hydrogen-bond acceptors (Lipinski definition) is 3. The number of benzene rings is 2. The molecule has 3 aromatic heterocycles. The van der Waals surface area contributed by atoms with E-state index in [0.717, 1.165) is 21.3 Å². The van der Waals surface area contributed by atoms with Crippen molar-refractivity contribution in [3.63, 3.8) is 0 Å². The highest BCUT2D eigenvalue weighted by molar-refractivity contribution is 7.17. The van der Waals surface area contributed by atoms with Gasteiger partial charge in [0.2, 0.25) is 0 Å². The molecule has 1 N–H and O–H groups in total. The molecule has 0 saturated carbocycles. The van der Waals surface area contributed by atoms with Crippen LogP contribution in [0.5, 0.6) is 0 Å². The van der Waals surface area contributed by atoms with Crippen molar-refractivity contribution < 1.29 is 9.18 Å². The fourth-order valence-corrected chi connectivity index (χ4v) is 4.41. The van der Waals surface area contributed by atoms with Gasteiger partial charge in [0.15, 0.2) is 0 Å². The van der Waals surface area contributed by atoms with Gasteiger partial charge in [-0.1, -0.05) is 42.5 Å². The highest BCUT2D eigenvalue weighted by Crippen LogP contribution is 2.27. The molecule has 5 nitrogen and oxygen atoms in total. The zero-order valence-electron chi connectivity index (χ0n) is 16.5. The number of aromatic nitrogens is 3. The van der Waals surface area contributed by atoms with Crippen molar-refractivity contribution in [2.24, 2.45) is 0 Å². The molecule has 5 aromatic rings. The minimum atomic E-state index is -0.268.